The number of nitrogens with one attached hydrogen (secondary N) is 1. The van der Waals surface area contributed by atoms with Gasteiger partial charge in [0.1, 0.15) is 0 Å². The van der Waals surface area contributed by atoms with Crippen LogP contribution in [0.1, 0.15) is 36.8 Å². The normalized spacial score (nSPS) is 31.7. The van der Waals surface area contributed by atoms with E-state index < -0.39 is 0 Å². The predicted octanol–water partition coefficient (Wildman–Crippen LogP) is 2.79. The maximum absolute atomic E-state index is 6.09. The van der Waals surface area contributed by atoms with E-state index in [-0.39, 0.29) is 0 Å². The molecule has 0 amide bonds. The van der Waals surface area contributed by atoms with Crippen molar-refractivity contribution in [1.29, 1.82) is 0 Å². The van der Waals surface area contributed by atoms with Crippen LogP contribution in [0.3, 0.4) is 0 Å². The van der Waals surface area contributed by atoms with Gasteiger partial charge in [-0.1, -0.05) is 24.3 Å². The van der Waals surface area contributed by atoms with Gasteiger partial charge in [0.15, 0.2) is 0 Å². The van der Waals surface area contributed by atoms with Crippen LogP contribution >= 0.6 is 0 Å². The van der Waals surface area contributed by atoms with E-state index in [0.717, 1.165) is 18.7 Å². The van der Waals surface area contributed by atoms with Crippen molar-refractivity contribution in [1.82, 2.24) is 5.32 Å². The lowest BCUT2D eigenvalue weighted by Gasteiger charge is -2.29. The number of rotatable bonds is 3. The van der Waals surface area contributed by atoms with Crippen LogP contribution in [0.25, 0.3) is 0 Å². The first kappa shape index (κ1) is 11.2. The van der Waals surface area contributed by atoms with Crippen molar-refractivity contribution in [3.8, 4) is 0 Å². The number of piperidine rings is 1. The van der Waals surface area contributed by atoms with Crippen LogP contribution in [0.5, 0.6) is 0 Å². The lowest BCUT2D eigenvalue weighted by molar-refractivity contribution is 0.00897. The fraction of sp³-hybridized carbons (Fsp3) is 0.600. The molecule has 1 N–H and O–H groups in total. The van der Waals surface area contributed by atoms with Gasteiger partial charge in [0, 0.05) is 12.1 Å². The van der Waals surface area contributed by atoms with E-state index in [2.05, 4.69) is 36.5 Å². The van der Waals surface area contributed by atoms with Gasteiger partial charge in [-0.3, -0.25) is 0 Å². The molecule has 3 rings (SSSR count). The Labute approximate surface area is 103 Å². The maximum Gasteiger partial charge on any atom is 0.0723 e. The van der Waals surface area contributed by atoms with Gasteiger partial charge in [0.25, 0.3) is 0 Å². The lowest BCUT2D eigenvalue weighted by atomic mass is 10.0. The first-order valence-corrected chi connectivity index (χ1v) is 6.73. The summed E-state index contributed by atoms with van der Waals surface area (Å²) < 4.78 is 6.09. The van der Waals surface area contributed by atoms with Crippen molar-refractivity contribution in [2.24, 2.45) is 0 Å². The molecule has 92 valence electrons. The summed E-state index contributed by atoms with van der Waals surface area (Å²) in [6.45, 7) is 2.93. The van der Waals surface area contributed by atoms with Crippen molar-refractivity contribution in [2.45, 2.75) is 57.4 Å². The molecule has 0 saturated carbocycles. The number of fused-ring (bicyclic) bond motifs is 2. The Morgan fingerprint density at radius 1 is 1.18 bits per heavy atom. The molecule has 2 heterocycles. The Balaban J connectivity index is 1.56. The van der Waals surface area contributed by atoms with Crippen LogP contribution in [0.15, 0.2) is 24.3 Å². The van der Waals surface area contributed by atoms with E-state index in [1.165, 1.54) is 36.8 Å². The topological polar surface area (TPSA) is 21.3 Å². The predicted molar refractivity (Wildman–Crippen MR) is 68.9 cm³/mol. The van der Waals surface area contributed by atoms with E-state index in [1.807, 2.05) is 0 Å². The van der Waals surface area contributed by atoms with Crippen LogP contribution < -0.4 is 5.32 Å². The third-order valence-corrected chi connectivity index (χ3v) is 4.17. The fourth-order valence-electron chi connectivity index (χ4n) is 3.12. The summed E-state index contributed by atoms with van der Waals surface area (Å²) in [6.07, 6.45) is 5.54. The zero-order valence-corrected chi connectivity index (χ0v) is 10.5. The smallest absolute Gasteiger partial charge is 0.0723 e. The van der Waals surface area contributed by atoms with Gasteiger partial charge in [-0.15, -0.1) is 0 Å². The molecule has 2 aliphatic rings. The molecule has 2 unspecified atom stereocenters. The molecule has 0 spiro atoms. The highest BCUT2D eigenvalue weighted by atomic mass is 16.5. The maximum atomic E-state index is 6.09. The van der Waals surface area contributed by atoms with E-state index in [9.17, 15) is 0 Å². The Bertz CT molecular complexity index is 378. The summed E-state index contributed by atoms with van der Waals surface area (Å²) in [6, 6.07) is 9.95. The molecule has 17 heavy (non-hydrogen) atoms. The van der Waals surface area contributed by atoms with Crippen molar-refractivity contribution in [3.05, 3.63) is 35.4 Å². The number of benzene rings is 1. The highest BCUT2D eigenvalue weighted by Gasteiger charge is 2.33. The Kier molecular flexibility index (Phi) is 3.17. The number of ether oxygens (including phenoxy) is 1. The summed E-state index contributed by atoms with van der Waals surface area (Å²) in [5.41, 5.74) is 2.67. The monoisotopic (exact) mass is 231 g/mol. The summed E-state index contributed by atoms with van der Waals surface area (Å²) in [5.74, 6) is 0. The molecule has 0 radical (unpaired) electrons. The largest absolute Gasteiger partial charge is 0.373 e. The van der Waals surface area contributed by atoms with Gasteiger partial charge in [-0.2, -0.15) is 0 Å². The van der Waals surface area contributed by atoms with Crippen LogP contribution in [0.4, 0.5) is 0 Å². The molecule has 2 saturated heterocycles. The minimum atomic E-state index is 0.466. The van der Waals surface area contributed by atoms with E-state index in [4.69, 9.17) is 4.74 Å². The number of aryl methyl sites for hydroxylation is 1. The molecule has 1 aromatic carbocycles. The lowest BCUT2D eigenvalue weighted by Crippen LogP contribution is -2.41. The molecule has 2 heteroatoms. The zero-order chi connectivity index (χ0) is 11.7. The molecular weight excluding hydrogens is 210 g/mol. The summed E-state index contributed by atoms with van der Waals surface area (Å²) in [7, 11) is 0. The Morgan fingerprint density at radius 2 is 1.88 bits per heavy atom. The van der Waals surface area contributed by atoms with E-state index in [1.54, 1.807) is 0 Å². The van der Waals surface area contributed by atoms with Gasteiger partial charge in [-0.25, -0.2) is 0 Å². The quantitative estimate of drug-likeness (QED) is 0.863. The third-order valence-electron chi connectivity index (χ3n) is 4.17. The molecule has 2 bridgehead atoms. The van der Waals surface area contributed by atoms with E-state index in [0.29, 0.717) is 6.10 Å². The molecule has 0 aliphatic carbocycles. The van der Waals surface area contributed by atoms with Gasteiger partial charge in [0.05, 0.1) is 12.7 Å². The Morgan fingerprint density at radius 3 is 2.59 bits per heavy atom. The standard InChI is InChI=1S/C15H21NO/c1-11-4-2-3-5-12(11)10-17-15-8-13-6-7-14(9-15)16-13/h2-5,13-16H,6-10H2,1H3. The highest BCUT2D eigenvalue weighted by Crippen LogP contribution is 2.29. The van der Waals surface area contributed by atoms with Gasteiger partial charge in [-0.05, 0) is 43.7 Å². The van der Waals surface area contributed by atoms with Crippen LogP contribution in [0, 0.1) is 6.92 Å². The van der Waals surface area contributed by atoms with Crippen molar-refractivity contribution < 1.29 is 4.74 Å². The van der Waals surface area contributed by atoms with Crippen molar-refractivity contribution >= 4 is 0 Å². The second-order valence-electron chi connectivity index (χ2n) is 5.47. The number of hydrogen-bond donors (Lipinski definition) is 1. The molecule has 2 atom stereocenters. The third kappa shape index (κ3) is 2.53. The molecule has 2 fully saturated rings. The Hall–Kier alpha value is -0.860. The second kappa shape index (κ2) is 4.79. The SMILES string of the molecule is Cc1ccccc1COC1CC2CCC(C1)N2. The average molecular weight is 231 g/mol. The summed E-state index contributed by atoms with van der Waals surface area (Å²) in [5, 5.41) is 3.65. The zero-order valence-electron chi connectivity index (χ0n) is 10.5. The number of hydrogen-bond acceptors (Lipinski definition) is 2. The molecule has 0 aromatic heterocycles. The first-order chi connectivity index (χ1) is 8.31. The first-order valence-electron chi connectivity index (χ1n) is 6.73. The van der Waals surface area contributed by atoms with Crippen LogP contribution in [-0.2, 0) is 11.3 Å². The minimum Gasteiger partial charge on any atom is -0.373 e. The van der Waals surface area contributed by atoms with Gasteiger partial charge >= 0.3 is 0 Å². The molecule has 1 aromatic rings. The fourth-order valence-corrected chi connectivity index (χ4v) is 3.12. The molecule has 2 aliphatic heterocycles. The highest BCUT2D eigenvalue weighted by molar-refractivity contribution is 5.24. The van der Waals surface area contributed by atoms with Gasteiger partial charge in [0.2, 0.25) is 0 Å². The van der Waals surface area contributed by atoms with E-state index >= 15 is 0 Å². The summed E-state index contributed by atoms with van der Waals surface area (Å²) in [4.78, 5) is 0. The average Bonchev–Trinajstić information content (AvgIpc) is 2.68. The van der Waals surface area contributed by atoms with Crippen molar-refractivity contribution in [2.75, 3.05) is 0 Å². The summed E-state index contributed by atoms with van der Waals surface area (Å²) >= 11 is 0. The van der Waals surface area contributed by atoms with Crippen molar-refractivity contribution in [3.63, 3.8) is 0 Å². The molecular formula is C15H21NO. The van der Waals surface area contributed by atoms with Crippen LogP contribution in [-0.4, -0.2) is 18.2 Å². The minimum absolute atomic E-state index is 0.466. The van der Waals surface area contributed by atoms with Gasteiger partial charge < -0.3 is 10.1 Å². The second-order valence-corrected chi connectivity index (χ2v) is 5.47. The molecule has 2 nitrogen and oxygen atoms in total. The van der Waals surface area contributed by atoms with Crippen LogP contribution in [0.2, 0.25) is 0 Å².